The maximum Gasteiger partial charge on any atom is 0.407 e. The van der Waals surface area contributed by atoms with Gasteiger partial charge in [0.1, 0.15) is 12.3 Å². The Kier molecular flexibility index (Phi) is 5.42. The average Bonchev–Trinajstić information content (AvgIpc) is 3.29. The van der Waals surface area contributed by atoms with Crippen molar-refractivity contribution in [2.45, 2.75) is 19.4 Å². The number of ether oxygens (including phenoxy) is 1. The van der Waals surface area contributed by atoms with E-state index in [-0.39, 0.29) is 11.1 Å². The van der Waals surface area contributed by atoms with Gasteiger partial charge in [-0.15, -0.1) is 0 Å². The number of halogens is 2. The van der Waals surface area contributed by atoms with Crippen molar-refractivity contribution in [3.05, 3.63) is 41.9 Å². The summed E-state index contributed by atoms with van der Waals surface area (Å²) in [5, 5.41) is 2.21. The zero-order valence-corrected chi connectivity index (χ0v) is 15.3. The molecular formula is C16H18F2N4O4S. The molecule has 0 atom stereocenters. The molecule has 0 radical (unpaired) electrons. The maximum atomic E-state index is 15.0. The Labute approximate surface area is 154 Å². The molecule has 0 bridgehead atoms. The van der Waals surface area contributed by atoms with E-state index in [0.29, 0.717) is 29.9 Å². The number of nitrogens with one attached hydrogen (secondary N) is 1. The fourth-order valence-corrected chi connectivity index (χ4v) is 4.49. The molecular weight excluding hydrogens is 382 g/mol. The standard InChI is InChI=1S/C16H18F2N4O4S/c1-19-16(23)26-10-11-9-22(27(24,25)21-7-2-3-8-21)14(13(11)17)12-5-4-6-20-15(12)18/h4-6,9H,2-3,7-8,10H2,1H3,(H,19,23). The number of alkyl carbamates (subject to hydrolysis) is 1. The number of hydrogen-bond acceptors (Lipinski definition) is 5. The van der Waals surface area contributed by atoms with Gasteiger partial charge >= 0.3 is 16.3 Å². The van der Waals surface area contributed by atoms with Crippen molar-refractivity contribution in [2.24, 2.45) is 0 Å². The second kappa shape index (κ2) is 7.61. The van der Waals surface area contributed by atoms with Crippen molar-refractivity contribution in [1.29, 1.82) is 0 Å². The Morgan fingerprint density at radius 3 is 2.67 bits per heavy atom. The molecule has 1 saturated heterocycles. The summed E-state index contributed by atoms with van der Waals surface area (Å²) in [6.07, 6.45) is 2.75. The van der Waals surface area contributed by atoms with E-state index in [1.807, 2.05) is 0 Å². The van der Waals surface area contributed by atoms with Crippen LogP contribution in [-0.4, -0.2) is 47.9 Å². The van der Waals surface area contributed by atoms with Crippen LogP contribution in [0.1, 0.15) is 18.4 Å². The van der Waals surface area contributed by atoms with Gasteiger partial charge in [-0.1, -0.05) is 0 Å². The van der Waals surface area contributed by atoms with Gasteiger partial charge in [-0.05, 0) is 25.0 Å². The van der Waals surface area contributed by atoms with E-state index in [2.05, 4.69) is 10.3 Å². The van der Waals surface area contributed by atoms with Crippen LogP contribution in [0.3, 0.4) is 0 Å². The van der Waals surface area contributed by atoms with Crippen LogP contribution in [0.5, 0.6) is 0 Å². The Balaban J connectivity index is 2.13. The monoisotopic (exact) mass is 400 g/mol. The fourth-order valence-electron chi connectivity index (χ4n) is 2.85. The summed E-state index contributed by atoms with van der Waals surface area (Å²) in [6.45, 7) is 0.0746. The van der Waals surface area contributed by atoms with Crippen LogP contribution in [0, 0.1) is 11.8 Å². The van der Waals surface area contributed by atoms with E-state index in [9.17, 15) is 17.6 Å². The van der Waals surface area contributed by atoms with Gasteiger partial charge in [-0.25, -0.2) is 18.1 Å². The minimum atomic E-state index is -4.12. The predicted octanol–water partition coefficient (Wildman–Crippen LogP) is 1.87. The van der Waals surface area contributed by atoms with Crippen molar-refractivity contribution < 1.29 is 26.7 Å². The highest BCUT2D eigenvalue weighted by molar-refractivity contribution is 7.87. The molecule has 3 rings (SSSR count). The van der Waals surface area contributed by atoms with Gasteiger partial charge in [-0.3, -0.25) is 0 Å². The first-order valence-electron chi connectivity index (χ1n) is 8.22. The lowest BCUT2D eigenvalue weighted by atomic mass is 10.2. The molecule has 0 unspecified atom stereocenters. The summed E-state index contributed by atoms with van der Waals surface area (Å²) in [5.74, 6) is -2.00. The first kappa shape index (κ1) is 19.2. The molecule has 27 heavy (non-hydrogen) atoms. The van der Waals surface area contributed by atoms with E-state index in [0.717, 1.165) is 6.20 Å². The van der Waals surface area contributed by atoms with E-state index in [4.69, 9.17) is 4.74 Å². The minimum absolute atomic E-state index is 0.195. The molecule has 0 saturated carbocycles. The van der Waals surface area contributed by atoms with E-state index in [1.165, 1.54) is 29.7 Å². The number of amides is 1. The van der Waals surface area contributed by atoms with Gasteiger partial charge < -0.3 is 10.1 Å². The minimum Gasteiger partial charge on any atom is -0.445 e. The second-order valence-electron chi connectivity index (χ2n) is 5.89. The van der Waals surface area contributed by atoms with Crippen molar-refractivity contribution in [3.63, 3.8) is 0 Å². The summed E-state index contributed by atoms with van der Waals surface area (Å²) in [7, 11) is -2.79. The van der Waals surface area contributed by atoms with Gasteiger partial charge in [-0.2, -0.15) is 17.1 Å². The summed E-state index contributed by atoms with van der Waals surface area (Å²) in [4.78, 5) is 14.7. The van der Waals surface area contributed by atoms with Gasteiger partial charge in [0.25, 0.3) is 0 Å². The number of rotatable bonds is 5. The molecule has 1 amide bonds. The van der Waals surface area contributed by atoms with Crippen LogP contribution < -0.4 is 5.32 Å². The molecule has 146 valence electrons. The van der Waals surface area contributed by atoms with Crippen LogP contribution in [0.2, 0.25) is 0 Å². The smallest absolute Gasteiger partial charge is 0.407 e. The molecule has 0 aromatic carbocycles. The lowest BCUT2D eigenvalue weighted by Crippen LogP contribution is -2.33. The molecule has 1 aliphatic rings. The van der Waals surface area contributed by atoms with Crippen molar-refractivity contribution in [1.82, 2.24) is 18.6 Å². The quantitative estimate of drug-likeness (QED) is 0.774. The zero-order chi connectivity index (χ0) is 19.6. The number of hydrogen-bond donors (Lipinski definition) is 1. The predicted molar refractivity (Wildman–Crippen MR) is 91.9 cm³/mol. The molecule has 0 spiro atoms. The highest BCUT2D eigenvalue weighted by Crippen LogP contribution is 2.31. The van der Waals surface area contributed by atoms with E-state index >= 15 is 4.39 Å². The third-order valence-corrected chi connectivity index (χ3v) is 6.00. The molecule has 1 fully saturated rings. The SMILES string of the molecule is CNC(=O)OCc1cn(S(=O)(=O)N2CCCC2)c(-c2cccnc2F)c1F. The third kappa shape index (κ3) is 3.65. The molecule has 3 heterocycles. The highest BCUT2D eigenvalue weighted by atomic mass is 32.2. The summed E-state index contributed by atoms with van der Waals surface area (Å²) >= 11 is 0. The maximum absolute atomic E-state index is 15.0. The summed E-state index contributed by atoms with van der Waals surface area (Å²) in [6, 6.07) is 2.61. The van der Waals surface area contributed by atoms with Gasteiger partial charge in [0, 0.05) is 38.1 Å². The molecule has 1 aliphatic heterocycles. The van der Waals surface area contributed by atoms with Gasteiger partial charge in [0.05, 0.1) is 5.56 Å². The van der Waals surface area contributed by atoms with Crippen molar-refractivity contribution in [2.75, 3.05) is 20.1 Å². The molecule has 8 nitrogen and oxygen atoms in total. The number of carbonyl (C=O) groups excluding carboxylic acids is 1. The number of carbonyl (C=O) groups is 1. The first-order chi connectivity index (χ1) is 12.9. The normalized spacial score (nSPS) is 15.1. The summed E-state index contributed by atoms with van der Waals surface area (Å²) < 4.78 is 61.8. The van der Waals surface area contributed by atoms with E-state index in [1.54, 1.807) is 0 Å². The van der Waals surface area contributed by atoms with Crippen LogP contribution >= 0.6 is 0 Å². The zero-order valence-electron chi connectivity index (χ0n) is 14.5. The molecule has 11 heteroatoms. The average molecular weight is 400 g/mol. The number of aromatic nitrogens is 2. The Morgan fingerprint density at radius 2 is 2.04 bits per heavy atom. The Hall–Kier alpha value is -2.53. The lowest BCUT2D eigenvalue weighted by Gasteiger charge is -2.18. The highest BCUT2D eigenvalue weighted by Gasteiger charge is 2.33. The Bertz CT molecular complexity index is 955. The third-order valence-electron chi connectivity index (χ3n) is 4.20. The van der Waals surface area contributed by atoms with Crippen molar-refractivity contribution >= 4 is 16.3 Å². The van der Waals surface area contributed by atoms with Gasteiger partial charge in [0.2, 0.25) is 5.95 Å². The fraction of sp³-hybridized carbons (Fsp3) is 0.375. The second-order valence-corrected chi connectivity index (χ2v) is 7.70. The lowest BCUT2D eigenvalue weighted by molar-refractivity contribution is 0.141. The first-order valence-corrected chi connectivity index (χ1v) is 9.61. The van der Waals surface area contributed by atoms with Crippen molar-refractivity contribution in [3.8, 4) is 11.3 Å². The van der Waals surface area contributed by atoms with Gasteiger partial charge in [0.15, 0.2) is 5.82 Å². The number of pyridine rings is 1. The Morgan fingerprint density at radius 1 is 1.33 bits per heavy atom. The van der Waals surface area contributed by atoms with Crippen LogP contribution in [0.25, 0.3) is 11.3 Å². The largest absolute Gasteiger partial charge is 0.445 e. The molecule has 1 N–H and O–H groups in total. The summed E-state index contributed by atoms with van der Waals surface area (Å²) in [5.41, 5.74) is -0.980. The molecule has 0 aliphatic carbocycles. The topological polar surface area (TPSA) is 93.5 Å². The molecule has 2 aromatic rings. The van der Waals surface area contributed by atoms with Crippen LogP contribution in [0.4, 0.5) is 13.6 Å². The van der Waals surface area contributed by atoms with Crippen LogP contribution in [0.15, 0.2) is 24.5 Å². The molecule has 2 aromatic heterocycles. The van der Waals surface area contributed by atoms with Crippen LogP contribution in [-0.2, 0) is 21.6 Å². The number of nitrogens with zero attached hydrogens (tertiary/aromatic N) is 3. The van der Waals surface area contributed by atoms with E-state index < -0.39 is 40.4 Å².